The van der Waals surface area contributed by atoms with Crippen molar-refractivity contribution < 1.29 is 4.79 Å². The molecule has 7 heteroatoms. The molecule has 4 rings (SSSR count). The van der Waals surface area contributed by atoms with E-state index in [9.17, 15) is 4.79 Å². The monoisotopic (exact) mass is 594 g/mol. The zero-order valence-corrected chi connectivity index (χ0v) is 19.1. The second-order valence-corrected chi connectivity index (χ2v) is 8.76. The van der Waals surface area contributed by atoms with Crippen molar-refractivity contribution in [1.82, 2.24) is 15.0 Å². The molecule has 5 nitrogen and oxygen atoms in total. The van der Waals surface area contributed by atoms with Crippen molar-refractivity contribution in [3.63, 3.8) is 0 Å². The number of nitrogens with one attached hydrogen (secondary N) is 1. The Labute approximate surface area is 189 Å². The van der Waals surface area contributed by atoms with Gasteiger partial charge in [0.05, 0.1) is 11.9 Å². The number of rotatable bonds is 5. The lowest BCUT2D eigenvalue weighted by Gasteiger charge is -2.07. The van der Waals surface area contributed by atoms with Crippen molar-refractivity contribution in [3.8, 4) is 0 Å². The summed E-state index contributed by atoms with van der Waals surface area (Å²) in [4.78, 5) is 16.4. The van der Waals surface area contributed by atoms with Gasteiger partial charge < -0.3 is 4.57 Å². The second-order valence-electron chi connectivity index (χ2n) is 6.27. The van der Waals surface area contributed by atoms with Crippen molar-refractivity contribution in [2.45, 2.75) is 13.0 Å². The van der Waals surface area contributed by atoms with Gasteiger partial charge in [0.15, 0.2) is 0 Å². The molecule has 0 aliphatic heterocycles. The van der Waals surface area contributed by atoms with E-state index in [1.807, 2.05) is 18.2 Å². The standard InChI is InChI=1S/C21H16I2N4O/c22-14-4-6-19-17(11-14)18-12-15(23)5-7-20(18)27(19)10-8-21(28)26-25-13-16-3-1-2-9-24-16/h1-7,9,11-13H,8,10H2,(H,26,28). The summed E-state index contributed by atoms with van der Waals surface area (Å²) in [5, 5.41) is 6.42. The molecule has 0 spiro atoms. The minimum Gasteiger partial charge on any atom is -0.340 e. The van der Waals surface area contributed by atoms with E-state index in [4.69, 9.17) is 0 Å². The number of nitrogens with zero attached hydrogens (tertiary/aromatic N) is 3. The van der Waals surface area contributed by atoms with Gasteiger partial charge in [-0.2, -0.15) is 5.10 Å². The highest BCUT2D eigenvalue weighted by atomic mass is 127. The molecule has 1 amide bonds. The number of hydrazone groups is 1. The zero-order chi connectivity index (χ0) is 19.5. The van der Waals surface area contributed by atoms with Crippen molar-refractivity contribution >= 4 is 79.1 Å². The van der Waals surface area contributed by atoms with Crippen LogP contribution in [0, 0.1) is 7.14 Å². The van der Waals surface area contributed by atoms with E-state index in [1.165, 1.54) is 17.9 Å². The van der Waals surface area contributed by atoms with Gasteiger partial charge in [-0.15, -0.1) is 0 Å². The predicted molar refractivity (Wildman–Crippen MR) is 129 cm³/mol. The van der Waals surface area contributed by atoms with E-state index in [0.29, 0.717) is 18.7 Å². The molecule has 1 N–H and O–H groups in total. The normalized spacial score (nSPS) is 11.5. The maximum Gasteiger partial charge on any atom is 0.241 e. The number of halogens is 2. The van der Waals surface area contributed by atoms with Crippen LogP contribution in [0.4, 0.5) is 0 Å². The molecule has 0 fully saturated rings. The average molecular weight is 594 g/mol. The van der Waals surface area contributed by atoms with Gasteiger partial charge in [0.1, 0.15) is 0 Å². The van der Waals surface area contributed by atoms with Crippen LogP contribution in [0.3, 0.4) is 0 Å². The maximum absolute atomic E-state index is 12.2. The quantitative estimate of drug-likeness (QED) is 0.202. The SMILES string of the molecule is O=C(CCn1c2ccc(I)cc2c2cc(I)ccc21)NN=Cc1ccccn1. The van der Waals surface area contributed by atoms with Gasteiger partial charge in [-0.3, -0.25) is 9.78 Å². The molecule has 2 aromatic carbocycles. The first-order valence-electron chi connectivity index (χ1n) is 8.72. The third kappa shape index (κ3) is 4.19. The first-order valence-corrected chi connectivity index (χ1v) is 10.9. The van der Waals surface area contributed by atoms with E-state index in [-0.39, 0.29) is 5.91 Å². The predicted octanol–water partition coefficient (Wildman–Crippen LogP) is 4.94. The van der Waals surface area contributed by atoms with Gasteiger partial charge in [0.2, 0.25) is 5.91 Å². The Bertz CT molecular complexity index is 1130. The zero-order valence-electron chi connectivity index (χ0n) is 14.8. The second kappa shape index (κ2) is 8.56. The number of aryl methyl sites for hydroxylation is 1. The Morgan fingerprint density at radius 1 is 1.04 bits per heavy atom. The summed E-state index contributed by atoms with van der Waals surface area (Å²) in [6.45, 7) is 0.589. The fraction of sp³-hybridized carbons (Fsp3) is 0.0952. The summed E-state index contributed by atoms with van der Waals surface area (Å²) in [6.07, 6.45) is 3.58. The molecule has 2 aromatic heterocycles. The van der Waals surface area contributed by atoms with Crippen molar-refractivity contribution in [2.75, 3.05) is 0 Å². The van der Waals surface area contributed by atoms with Crippen LogP contribution in [0.1, 0.15) is 12.1 Å². The summed E-state index contributed by atoms with van der Waals surface area (Å²) < 4.78 is 4.60. The highest BCUT2D eigenvalue weighted by Crippen LogP contribution is 2.31. The van der Waals surface area contributed by atoms with Crippen LogP contribution in [0.15, 0.2) is 65.9 Å². The third-order valence-electron chi connectivity index (χ3n) is 4.43. The molecule has 2 heterocycles. The largest absolute Gasteiger partial charge is 0.340 e. The van der Waals surface area contributed by atoms with Crippen LogP contribution in [-0.4, -0.2) is 21.7 Å². The fourth-order valence-electron chi connectivity index (χ4n) is 3.18. The van der Waals surface area contributed by atoms with E-state index >= 15 is 0 Å². The molecule has 28 heavy (non-hydrogen) atoms. The molecule has 4 aromatic rings. The van der Waals surface area contributed by atoms with Crippen LogP contribution >= 0.6 is 45.2 Å². The minimum absolute atomic E-state index is 0.127. The first kappa shape index (κ1) is 19.3. The lowest BCUT2D eigenvalue weighted by atomic mass is 10.2. The third-order valence-corrected chi connectivity index (χ3v) is 5.77. The van der Waals surface area contributed by atoms with Crippen LogP contribution in [0.2, 0.25) is 0 Å². The summed E-state index contributed by atoms with van der Waals surface area (Å²) >= 11 is 4.67. The summed E-state index contributed by atoms with van der Waals surface area (Å²) in [7, 11) is 0. The van der Waals surface area contributed by atoms with Crippen LogP contribution in [0.5, 0.6) is 0 Å². The lowest BCUT2D eigenvalue weighted by molar-refractivity contribution is -0.121. The number of benzene rings is 2. The van der Waals surface area contributed by atoms with Gasteiger partial charge >= 0.3 is 0 Å². The number of fused-ring (bicyclic) bond motifs is 3. The molecule has 0 saturated carbocycles. The summed E-state index contributed by atoms with van der Waals surface area (Å²) in [5.41, 5.74) is 5.57. The Hall–Kier alpha value is -2.01. The number of hydrogen-bond donors (Lipinski definition) is 1. The molecule has 0 bridgehead atoms. The van der Waals surface area contributed by atoms with Crippen molar-refractivity contribution in [1.29, 1.82) is 0 Å². The van der Waals surface area contributed by atoms with E-state index < -0.39 is 0 Å². The summed E-state index contributed by atoms with van der Waals surface area (Å²) in [6, 6.07) is 18.4. The molecule has 0 atom stereocenters. The number of carbonyl (C=O) groups is 1. The van der Waals surface area contributed by atoms with Crippen LogP contribution in [-0.2, 0) is 11.3 Å². The van der Waals surface area contributed by atoms with E-state index in [1.54, 1.807) is 12.4 Å². The highest BCUT2D eigenvalue weighted by Gasteiger charge is 2.12. The lowest BCUT2D eigenvalue weighted by Crippen LogP contribution is -2.19. The van der Waals surface area contributed by atoms with Gasteiger partial charge in [0.25, 0.3) is 0 Å². The molecule has 0 aliphatic carbocycles. The Kier molecular flexibility index (Phi) is 5.90. The van der Waals surface area contributed by atoms with E-state index in [2.05, 4.69) is 102 Å². The Morgan fingerprint density at radius 2 is 1.71 bits per heavy atom. The van der Waals surface area contributed by atoms with Gasteiger partial charge in [-0.1, -0.05) is 6.07 Å². The highest BCUT2D eigenvalue weighted by molar-refractivity contribution is 14.1. The Morgan fingerprint density at radius 3 is 2.32 bits per heavy atom. The molecule has 0 saturated heterocycles. The molecule has 0 aliphatic rings. The van der Waals surface area contributed by atoms with Crippen LogP contribution in [0.25, 0.3) is 21.8 Å². The first-order chi connectivity index (χ1) is 13.6. The minimum atomic E-state index is -0.127. The number of pyridine rings is 1. The molecular weight excluding hydrogens is 578 g/mol. The van der Waals surface area contributed by atoms with Gasteiger partial charge in [-0.25, -0.2) is 5.43 Å². The Balaban J connectivity index is 1.54. The van der Waals surface area contributed by atoms with Crippen molar-refractivity contribution in [2.24, 2.45) is 5.10 Å². The molecule has 140 valence electrons. The van der Waals surface area contributed by atoms with Crippen LogP contribution < -0.4 is 5.43 Å². The number of amides is 1. The van der Waals surface area contributed by atoms with E-state index in [0.717, 1.165) is 11.0 Å². The summed E-state index contributed by atoms with van der Waals surface area (Å²) in [5.74, 6) is -0.127. The number of hydrogen-bond acceptors (Lipinski definition) is 3. The topological polar surface area (TPSA) is 59.3 Å². The van der Waals surface area contributed by atoms with Gasteiger partial charge in [-0.05, 0) is 93.7 Å². The molecular formula is C21H16I2N4O. The molecule has 0 unspecified atom stereocenters. The smallest absolute Gasteiger partial charge is 0.241 e. The fourth-order valence-corrected chi connectivity index (χ4v) is 4.16. The van der Waals surface area contributed by atoms with Gasteiger partial charge in [0, 0.05) is 48.1 Å². The molecule has 0 radical (unpaired) electrons. The average Bonchev–Trinajstić information content (AvgIpc) is 2.99. The maximum atomic E-state index is 12.2. The number of aromatic nitrogens is 2. The number of carbonyl (C=O) groups excluding carboxylic acids is 1. The van der Waals surface area contributed by atoms with Crippen molar-refractivity contribution in [3.05, 3.63) is 73.6 Å².